The van der Waals surface area contributed by atoms with Crippen molar-refractivity contribution < 1.29 is 19.1 Å². The molecule has 3 atom stereocenters. The molecule has 0 unspecified atom stereocenters. The second-order valence-electron chi connectivity index (χ2n) is 4.48. The number of rotatable bonds is 3. The highest BCUT2D eigenvalue weighted by molar-refractivity contribution is 5.83. The topological polar surface area (TPSA) is 64.6 Å². The lowest BCUT2D eigenvalue weighted by atomic mass is 9.87. The van der Waals surface area contributed by atoms with Crippen LogP contribution in [0.1, 0.15) is 11.6 Å². The Hall–Kier alpha value is -1.88. The highest BCUT2D eigenvalue weighted by atomic mass is 16.5. The first-order valence-electron chi connectivity index (χ1n) is 6.13. The van der Waals surface area contributed by atoms with Gasteiger partial charge in [-0.1, -0.05) is 30.3 Å². The largest absolute Gasteiger partial charge is 0.469 e. The molecular formula is C14H17NO4. The van der Waals surface area contributed by atoms with Gasteiger partial charge in [0.05, 0.1) is 26.1 Å². The Balaban J connectivity index is 2.29. The van der Waals surface area contributed by atoms with E-state index >= 15 is 0 Å². The second kappa shape index (κ2) is 5.84. The molecule has 2 rings (SSSR count). The van der Waals surface area contributed by atoms with Crippen LogP contribution in [0.15, 0.2) is 30.3 Å². The van der Waals surface area contributed by atoms with Gasteiger partial charge in [0.2, 0.25) is 0 Å². The van der Waals surface area contributed by atoms with E-state index in [0.717, 1.165) is 5.56 Å². The normalized spacial score (nSPS) is 25.9. The SMILES string of the molecule is COC(=O)[C@@H]1[C@@H](C(=O)OC)CN[C@@H]1c1ccccc1. The lowest BCUT2D eigenvalue weighted by Crippen LogP contribution is -2.31. The van der Waals surface area contributed by atoms with Crippen LogP contribution < -0.4 is 5.32 Å². The van der Waals surface area contributed by atoms with E-state index in [9.17, 15) is 9.59 Å². The Bertz CT molecular complexity index is 460. The summed E-state index contributed by atoms with van der Waals surface area (Å²) in [5.41, 5.74) is 0.962. The lowest BCUT2D eigenvalue weighted by molar-refractivity contribution is -0.156. The van der Waals surface area contributed by atoms with Crippen molar-refractivity contribution in [2.45, 2.75) is 6.04 Å². The minimum Gasteiger partial charge on any atom is -0.469 e. The Labute approximate surface area is 111 Å². The van der Waals surface area contributed by atoms with Gasteiger partial charge in [-0.2, -0.15) is 0 Å². The molecule has 0 amide bonds. The Morgan fingerprint density at radius 3 is 2.32 bits per heavy atom. The number of carbonyl (C=O) groups excluding carboxylic acids is 2. The molecule has 0 aromatic heterocycles. The maximum Gasteiger partial charge on any atom is 0.311 e. The maximum absolute atomic E-state index is 12.0. The molecular weight excluding hydrogens is 246 g/mol. The highest BCUT2D eigenvalue weighted by Crippen LogP contribution is 2.35. The quantitative estimate of drug-likeness (QED) is 0.821. The number of hydrogen-bond acceptors (Lipinski definition) is 5. The van der Waals surface area contributed by atoms with Crippen LogP contribution in [0.25, 0.3) is 0 Å². The number of hydrogen-bond donors (Lipinski definition) is 1. The van der Waals surface area contributed by atoms with Crippen molar-refractivity contribution in [3.63, 3.8) is 0 Å². The fourth-order valence-electron chi connectivity index (χ4n) is 2.54. The molecule has 1 fully saturated rings. The third kappa shape index (κ3) is 2.61. The fourth-order valence-corrected chi connectivity index (χ4v) is 2.54. The van der Waals surface area contributed by atoms with E-state index in [2.05, 4.69) is 5.32 Å². The van der Waals surface area contributed by atoms with Crippen molar-refractivity contribution >= 4 is 11.9 Å². The second-order valence-corrected chi connectivity index (χ2v) is 4.48. The maximum atomic E-state index is 12.0. The van der Waals surface area contributed by atoms with Gasteiger partial charge in [-0.25, -0.2) is 0 Å². The molecule has 19 heavy (non-hydrogen) atoms. The first-order chi connectivity index (χ1) is 9.19. The van der Waals surface area contributed by atoms with Crippen molar-refractivity contribution in [1.29, 1.82) is 0 Å². The average molecular weight is 263 g/mol. The van der Waals surface area contributed by atoms with Crippen LogP contribution in [0.5, 0.6) is 0 Å². The molecule has 1 N–H and O–H groups in total. The number of esters is 2. The Morgan fingerprint density at radius 2 is 1.74 bits per heavy atom. The molecule has 102 valence electrons. The van der Waals surface area contributed by atoms with Crippen molar-refractivity contribution in [2.24, 2.45) is 11.8 Å². The van der Waals surface area contributed by atoms with Crippen molar-refractivity contribution in [2.75, 3.05) is 20.8 Å². The van der Waals surface area contributed by atoms with Crippen LogP contribution >= 0.6 is 0 Å². The molecule has 1 aromatic carbocycles. The Morgan fingerprint density at radius 1 is 1.11 bits per heavy atom. The van der Waals surface area contributed by atoms with Crippen molar-refractivity contribution in [3.8, 4) is 0 Å². The molecule has 1 heterocycles. The summed E-state index contributed by atoms with van der Waals surface area (Å²) in [7, 11) is 2.66. The molecule has 1 aromatic rings. The van der Waals surface area contributed by atoms with E-state index in [-0.39, 0.29) is 12.0 Å². The van der Waals surface area contributed by atoms with Crippen LogP contribution in [0.3, 0.4) is 0 Å². The summed E-state index contributed by atoms with van der Waals surface area (Å²) in [5, 5.41) is 3.20. The van der Waals surface area contributed by atoms with Crippen LogP contribution in [-0.2, 0) is 19.1 Å². The minimum absolute atomic E-state index is 0.224. The van der Waals surface area contributed by atoms with Gasteiger partial charge in [0.1, 0.15) is 0 Å². The van der Waals surface area contributed by atoms with Gasteiger partial charge < -0.3 is 14.8 Å². The molecule has 0 aliphatic carbocycles. The third-order valence-corrected chi connectivity index (χ3v) is 3.49. The summed E-state index contributed by atoms with van der Waals surface area (Å²) in [6.07, 6.45) is 0. The summed E-state index contributed by atoms with van der Waals surface area (Å²) in [5.74, 6) is -1.85. The molecule has 5 heteroatoms. The van der Waals surface area contributed by atoms with Crippen LogP contribution in [-0.4, -0.2) is 32.7 Å². The average Bonchev–Trinajstić information content (AvgIpc) is 2.91. The molecule has 0 radical (unpaired) electrons. The molecule has 0 saturated carbocycles. The number of carbonyl (C=O) groups is 2. The third-order valence-electron chi connectivity index (χ3n) is 3.49. The smallest absolute Gasteiger partial charge is 0.311 e. The first kappa shape index (κ1) is 13.5. The molecule has 0 spiro atoms. The van der Waals surface area contributed by atoms with Gasteiger partial charge in [-0.3, -0.25) is 9.59 Å². The van der Waals surface area contributed by atoms with E-state index in [4.69, 9.17) is 9.47 Å². The summed E-state index contributed by atoms with van der Waals surface area (Å²) in [4.78, 5) is 23.7. The molecule has 5 nitrogen and oxygen atoms in total. The zero-order valence-electron chi connectivity index (χ0n) is 11.0. The summed E-state index contributed by atoms with van der Waals surface area (Å²) in [6.45, 7) is 0.409. The van der Waals surface area contributed by atoms with E-state index in [1.165, 1.54) is 14.2 Å². The molecule has 1 aliphatic rings. The van der Waals surface area contributed by atoms with Crippen molar-refractivity contribution in [1.82, 2.24) is 5.32 Å². The fraction of sp³-hybridized carbons (Fsp3) is 0.429. The van der Waals surface area contributed by atoms with Gasteiger partial charge in [0.15, 0.2) is 0 Å². The van der Waals surface area contributed by atoms with Crippen LogP contribution in [0.2, 0.25) is 0 Å². The summed E-state index contributed by atoms with van der Waals surface area (Å²) < 4.78 is 9.58. The minimum atomic E-state index is -0.556. The number of nitrogens with one attached hydrogen (secondary N) is 1. The first-order valence-corrected chi connectivity index (χ1v) is 6.13. The van der Waals surface area contributed by atoms with E-state index in [1.807, 2.05) is 30.3 Å². The van der Waals surface area contributed by atoms with Crippen molar-refractivity contribution in [3.05, 3.63) is 35.9 Å². The van der Waals surface area contributed by atoms with Crippen LogP contribution in [0.4, 0.5) is 0 Å². The van der Waals surface area contributed by atoms with Gasteiger partial charge >= 0.3 is 11.9 Å². The molecule has 1 saturated heterocycles. The number of ether oxygens (including phenoxy) is 2. The molecule has 1 aliphatic heterocycles. The molecule has 0 bridgehead atoms. The zero-order valence-corrected chi connectivity index (χ0v) is 11.0. The van der Waals surface area contributed by atoms with E-state index in [1.54, 1.807) is 0 Å². The zero-order chi connectivity index (χ0) is 13.8. The lowest BCUT2D eigenvalue weighted by Gasteiger charge is -2.20. The highest BCUT2D eigenvalue weighted by Gasteiger charge is 2.46. The number of benzene rings is 1. The standard InChI is InChI=1S/C14H17NO4/c1-18-13(16)10-8-15-12(11(10)14(17)19-2)9-6-4-3-5-7-9/h3-7,10-12,15H,8H2,1-2H3/t10-,11+,12+/m0/s1. The van der Waals surface area contributed by atoms with Gasteiger partial charge in [0, 0.05) is 12.6 Å². The predicted molar refractivity (Wildman–Crippen MR) is 68.2 cm³/mol. The van der Waals surface area contributed by atoms with E-state index < -0.39 is 17.8 Å². The summed E-state index contributed by atoms with van der Waals surface area (Å²) >= 11 is 0. The Kier molecular flexibility index (Phi) is 4.16. The van der Waals surface area contributed by atoms with Gasteiger partial charge in [-0.15, -0.1) is 0 Å². The van der Waals surface area contributed by atoms with Crippen LogP contribution in [0, 0.1) is 11.8 Å². The monoisotopic (exact) mass is 263 g/mol. The van der Waals surface area contributed by atoms with Gasteiger partial charge in [0.25, 0.3) is 0 Å². The summed E-state index contributed by atoms with van der Waals surface area (Å²) in [6, 6.07) is 9.33. The predicted octanol–water partition coefficient (Wildman–Crippen LogP) is 0.909. The number of methoxy groups -OCH3 is 2. The van der Waals surface area contributed by atoms with Gasteiger partial charge in [-0.05, 0) is 5.56 Å². The van der Waals surface area contributed by atoms with E-state index in [0.29, 0.717) is 6.54 Å².